The summed E-state index contributed by atoms with van der Waals surface area (Å²) in [5.41, 5.74) is 1.11. The molecule has 1 fully saturated rings. The fourth-order valence-electron chi connectivity index (χ4n) is 3.05. The van der Waals surface area contributed by atoms with Crippen molar-refractivity contribution >= 4 is 17.3 Å². The molecule has 9 heteroatoms. The first kappa shape index (κ1) is 17.0. The van der Waals surface area contributed by atoms with Crippen molar-refractivity contribution in [1.29, 1.82) is 0 Å². The number of ether oxygens (including phenoxy) is 1. The van der Waals surface area contributed by atoms with E-state index in [1.807, 2.05) is 40.3 Å². The van der Waals surface area contributed by atoms with Crippen LogP contribution < -0.4 is 4.90 Å². The van der Waals surface area contributed by atoms with Gasteiger partial charge in [0.2, 0.25) is 5.95 Å². The Morgan fingerprint density at radius 3 is 2.96 bits per heavy atom. The number of anilines is 1. The Morgan fingerprint density at radius 2 is 2.23 bits per heavy atom. The number of nitrogens with zero attached hydrogens (tertiary/aromatic N) is 6. The molecule has 26 heavy (non-hydrogen) atoms. The molecule has 1 aliphatic heterocycles. The summed E-state index contributed by atoms with van der Waals surface area (Å²) in [6, 6.07) is 1.86. The zero-order chi connectivity index (χ0) is 18.1. The fourth-order valence-corrected chi connectivity index (χ4v) is 3.69. The van der Waals surface area contributed by atoms with E-state index in [0.29, 0.717) is 37.9 Å². The summed E-state index contributed by atoms with van der Waals surface area (Å²) < 4.78 is 21.8. The van der Waals surface area contributed by atoms with Crippen LogP contribution in [0.15, 0.2) is 23.0 Å². The van der Waals surface area contributed by atoms with Gasteiger partial charge in [-0.15, -0.1) is 0 Å². The minimum Gasteiger partial charge on any atom is -0.373 e. The van der Waals surface area contributed by atoms with Crippen molar-refractivity contribution in [3.05, 3.63) is 40.5 Å². The zero-order valence-corrected chi connectivity index (χ0v) is 15.4. The number of aromatic nitrogens is 5. The van der Waals surface area contributed by atoms with E-state index >= 15 is 0 Å². The molecule has 0 bridgehead atoms. The Labute approximate surface area is 154 Å². The molecule has 0 aromatic carbocycles. The predicted molar refractivity (Wildman–Crippen MR) is 96.8 cm³/mol. The number of hydrogen-bond donors (Lipinski definition) is 0. The average Bonchev–Trinajstić information content (AvgIpc) is 3.26. The maximum Gasteiger partial charge on any atom is 0.226 e. The van der Waals surface area contributed by atoms with E-state index in [1.54, 1.807) is 0 Å². The fraction of sp³-hybridized carbons (Fsp3) is 0.412. The first-order valence-electron chi connectivity index (χ1n) is 8.40. The van der Waals surface area contributed by atoms with Crippen LogP contribution in [0, 0.1) is 19.7 Å². The van der Waals surface area contributed by atoms with E-state index in [9.17, 15) is 4.39 Å². The van der Waals surface area contributed by atoms with Crippen molar-refractivity contribution in [2.24, 2.45) is 0 Å². The first-order valence-corrected chi connectivity index (χ1v) is 9.34. The Morgan fingerprint density at radius 1 is 1.35 bits per heavy atom. The summed E-state index contributed by atoms with van der Waals surface area (Å²) in [7, 11) is 0. The Hall–Kier alpha value is -2.39. The third-order valence-corrected chi connectivity index (χ3v) is 4.97. The zero-order valence-electron chi connectivity index (χ0n) is 14.6. The van der Waals surface area contributed by atoms with Crippen molar-refractivity contribution < 1.29 is 9.13 Å². The van der Waals surface area contributed by atoms with Crippen molar-refractivity contribution in [1.82, 2.24) is 24.7 Å². The standard InChI is InChI=1S/C17H19FN6OS/c1-11-20-12(2)24(22-11)9-14-8-23(4-5-25-14)17-19-7-15(18)16(21-17)13-3-6-26-10-13/h3,6-7,10,14H,4-5,8-9H2,1-2H3. The number of halogens is 1. The minimum atomic E-state index is -0.411. The topological polar surface area (TPSA) is 69.0 Å². The summed E-state index contributed by atoms with van der Waals surface area (Å²) in [4.78, 5) is 15.0. The van der Waals surface area contributed by atoms with Gasteiger partial charge in [-0.2, -0.15) is 16.4 Å². The molecule has 1 atom stereocenters. The molecule has 0 amide bonds. The summed E-state index contributed by atoms with van der Waals surface area (Å²) >= 11 is 1.51. The van der Waals surface area contributed by atoms with Crippen LogP contribution in [0.5, 0.6) is 0 Å². The average molecular weight is 374 g/mol. The van der Waals surface area contributed by atoms with Crippen molar-refractivity contribution in [3.8, 4) is 11.3 Å². The summed E-state index contributed by atoms with van der Waals surface area (Å²) in [5.74, 6) is 1.72. The largest absolute Gasteiger partial charge is 0.373 e. The van der Waals surface area contributed by atoms with Crippen LogP contribution in [0.2, 0.25) is 0 Å². The quantitative estimate of drug-likeness (QED) is 0.699. The summed E-state index contributed by atoms with van der Waals surface area (Å²) in [6.07, 6.45) is 1.19. The van der Waals surface area contributed by atoms with Gasteiger partial charge in [-0.3, -0.25) is 0 Å². The number of thiophene rings is 1. The van der Waals surface area contributed by atoms with Crippen LogP contribution in [0.4, 0.5) is 10.3 Å². The van der Waals surface area contributed by atoms with E-state index in [0.717, 1.165) is 17.2 Å². The predicted octanol–water partition coefficient (Wildman–Crippen LogP) is 2.46. The maximum atomic E-state index is 14.1. The van der Waals surface area contributed by atoms with Crippen molar-refractivity contribution in [2.45, 2.75) is 26.5 Å². The molecule has 1 saturated heterocycles. The van der Waals surface area contributed by atoms with Gasteiger partial charge in [0.15, 0.2) is 5.82 Å². The number of hydrogen-bond acceptors (Lipinski definition) is 7. The maximum absolute atomic E-state index is 14.1. The van der Waals surface area contributed by atoms with Gasteiger partial charge in [0.1, 0.15) is 17.3 Å². The lowest BCUT2D eigenvalue weighted by Gasteiger charge is -2.33. The molecule has 4 rings (SSSR count). The third kappa shape index (κ3) is 3.45. The Kier molecular flexibility index (Phi) is 4.64. The smallest absolute Gasteiger partial charge is 0.226 e. The van der Waals surface area contributed by atoms with Crippen LogP contribution in [0.25, 0.3) is 11.3 Å². The van der Waals surface area contributed by atoms with Gasteiger partial charge in [0.25, 0.3) is 0 Å². The first-order chi connectivity index (χ1) is 12.6. The van der Waals surface area contributed by atoms with E-state index in [4.69, 9.17) is 4.74 Å². The lowest BCUT2D eigenvalue weighted by atomic mass is 10.2. The molecule has 0 radical (unpaired) electrons. The van der Waals surface area contributed by atoms with E-state index in [1.165, 1.54) is 17.5 Å². The van der Waals surface area contributed by atoms with Gasteiger partial charge in [-0.25, -0.2) is 24.0 Å². The highest BCUT2D eigenvalue weighted by Gasteiger charge is 2.24. The van der Waals surface area contributed by atoms with Gasteiger partial charge < -0.3 is 9.64 Å². The monoisotopic (exact) mass is 374 g/mol. The highest BCUT2D eigenvalue weighted by atomic mass is 32.1. The molecule has 136 valence electrons. The lowest BCUT2D eigenvalue weighted by molar-refractivity contribution is 0.0264. The molecule has 1 unspecified atom stereocenters. The summed E-state index contributed by atoms with van der Waals surface area (Å²) in [5, 5.41) is 8.18. The molecule has 0 spiro atoms. The molecule has 0 aliphatic carbocycles. The summed E-state index contributed by atoms with van der Waals surface area (Å²) in [6.45, 7) is 6.26. The highest BCUT2D eigenvalue weighted by Crippen LogP contribution is 2.25. The van der Waals surface area contributed by atoms with Crippen LogP contribution in [0.1, 0.15) is 11.6 Å². The second-order valence-corrected chi connectivity index (χ2v) is 6.99. The van der Waals surface area contributed by atoms with Gasteiger partial charge in [-0.05, 0) is 25.3 Å². The van der Waals surface area contributed by atoms with Crippen molar-refractivity contribution in [2.75, 3.05) is 24.6 Å². The molecule has 3 aromatic rings. The van der Waals surface area contributed by atoms with E-state index in [2.05, 4.69) is 20.1 Å². The second-order valence-electron chi connectivity index (χ2n) is 6.21. The van der Waals surface area contributed by atoms with Crippen LogP contribution >= 0.6 is 11.3 Å². The molecular formula is C17H19FN6OS. The van der Waals surface area contributed by atoms with E-state index in [-0.39, 0.29) is 6.10 Å². The Bertz CT molecular complexity index is 897. The molecule has 1 aliphatic rings. The normalized spacial score (nSPS) is 17.7. The molecule has 0 N–H and O–H groups in total. The Balaban J connectivity index is 1.53. The van der Waals surface area contributed by atoms with Gasteiger partial charge in [0.05, 0.1) is 25.5 Å². The highest BCUT2D eigenvalue weighted by molar-refractivity contribution is 7.08. The molecule has 0 saturated carbocycles. The van der Waals surface area contributed by atoms with E-state index < -0.39 is 5.82 Å². The van der Waals surface area contributed by atoms with Crippen LogP contribution in [0.3, 0.4) is 0 Å². The van der Waals surface area contributed by atoms with Gasteiger partial charge in [0, 0.05) is 24.0 Å². The molecule has 7 nitrogen and oxygen atoms in total. The number of aryl methyl sites for hydroxylation is 2. The second kappa shape index (κ2) is 7.08. The number of rotatable bonds is 4. The van der Waals surface area contributed by atoms with Gasteiger partial charge in [-0.1, -0.05) is 0 Å². The SMILES string of the molecule is Cc1nc(C)n(CC2CN(c3ncc(F)c(-c4ccsc4)n3)CCO2)n1. The third-order valence-electron chi connectivity index (χ3n) is 4.29. The minimum absolute atomic E-state index is 0.0539. The van der Waals surface area contributed by atoms with Crippen molar-refractivity contribution in [3.63, 3.8) is 0 Å². The molecular weight excluding hydrogens is 355 g/mol. The van der Waals surface area contributed by atoms with Crippen LogP contribution in [-0.2, 0) is 11.3 Å². The molecule has 3 aromatic heterocycles. The lowest BCUT2D eigenvalue weighted by Crippen LogP contribution is -2.45. The molecule has 4 heterocycles. The number of morpholine rings is 1. The van der Waals surface area contributed by atoms with Gasteiger partial charge >= 0.3 is 0 Å². The van der Waals surface area contributed by atoms with Crippen LogP contribution in [-0.4, -0.2) is 50.5 Å².